The van der Waals surface area contributed by atoms with Crippen molar-refractivity contribution < 1.29 is 9.59 Å². The molecule has 1 aliphatic heterocycles. The Hall–Kier alpha value is -2.42. The summed E-state index contributed by atoms with van der Waals surface area (Å²) in [5.41, 5.74) is 3.69. The summed E-state index contributed by atoms with van der Waals surface area (Å²) in [6.07, 6.45) is 0. The quantitative estimate of drug-likeness (QED) is 0.861. The van der Waals surface area contributed by atoms with Gasteiger partial charge in [0, 0.05) is 17.2 Å². The number of rotatable bonds is 3. The van der Waals surface area contributed by atoms with Crippen LogP contribution in [0.15, 0.2) is 48.5 Å². The summed E-state index contributed by atoms with van der Waals surface area (Å²) >= 11 is 0. The van der Waals surface area contributed by atoms with E-state index in [1.54, 1.807) is 11.8 Å². The van der Waals surface area contributed by atoms with Crippen molar-refractivity contribution in [1.82, 2.24) is 0 Å². The molecule has 3 heteroatoms. The first-order valence-corrected chi connectivity index (χ1v) is 7.08. The van der Waals surface area contributed by atoms with E-state index in [1.807, 2.05) is 55.5 Å². The second kappa shape index (κ2) is 5.17. The lowest BCUT2D eigenvalue weighted by Crippen LogP contribution is -2.22. The summed E-state index contributed by atoms with van der Waals surface area (Å²) in [6.45, 7) is 4.10. The Morgan fingerprint density at radius 2 is 1.76 bits per heavy atom. The molecule has 2 aromatic carbocycles. The second-order valence-corrected chi connectivity index (χ2v) is 5.47. The third kappa shape index (κ3) is 2.35. The van der Waals surface area contributed by atoms with E-state index in [1.165, 1.54) is 0 Å². The molecule has 3 nitrogen and oxygen atoms in total. The van der Waals surface area contributed by atoms with Gasteiger partial charge < -0.3 is 4.90 Å². The van der Waals surface area contributed by atoms with Crippen molar-refractivity contribution in [2.24, 2.45) is 0 Å². The zero-order valence-corrected chi connectivity index (χ0v) is 12.2. The maximum atomic E-state index is 12.4. The van der Waals surface area contributed by atoms with Crippen LogP contribution in [0.1, 0.15) is 41.3 Å². The summed E-state index contributed by atoms with van der Waals surface area (Å²) < 4.78 is 0. The predicted molar refractivity (Wildman–Crippen MR) is 82.5 cm³/mol. The van der Waals surface area contributed by atoms with Gasteiger partial charge in [-0.2, -0.15) is 0 Å². The average molecular weight is 279 g/mol. The number of amides is 1. The van der Waals surface area contributed by atoms with Crippen LogP contribution in [0.3, 0.4) is 0 Å². The molecule has 0 saturated carbocycles. The number of anilines is 1. The van der Waals surface area contributed by atoms with Crippen molar-refractivity contribution in [2.45, 2.75) is 26.3 Å². The van der Waals surface area contributed by atoms with Gasteiger partial charge in [-0.15, -0.1) is 0 Å². The van der Waals surface area contributed by atoms with Gasteiger partial charge in [-0.1, -0.05) is 37.3 Å². The minimum atomic E-state index is -0.106. The molecule has 1 amide bonds. The molecule has 1 heterocycles. The molecule has 0 aliphatic carbocycles. The minimum absolute atomic E-state index is 0.0398. The zero-order chi connectivity index (χ0) is 15.0. The van der Waals surface area contributed by atoms with Crippen LogP contribution in [0.5, 0.6) is 0 Å². The highest BCUT2D eigenvalue weighted by Gasteiger charge is 2.27. The van der Waals surface area contributed by atoms with Gasteiger partial charge in [0.15, 0.2) is 0 Å². The third-order valence-electron chi connectivity index (χ3n) is 4.14. The standard InChI is InChI=1S/C18H17NO2/c1-12(13(2)20)14-7-9-16(10-8-14)19-11-15-5-3-4-6-17(15)18(19)21/h3-10,12H,11H2,1-2H3. The molecule has 3 rings (SSSR count). The van der Waals surface area contributed by atoms with Crippen LogP contribution >= 0.6 is 0 Å². The molecule has 2 aromatic rings. The smallest absolute Gasteiger partial charge is 0.258 e. The van der Waals surface area contributed by atoms with E-state index in [2.05, 4.69) is 0 Å². The Labute approximate surface area is 124 Å². The molecule has 0 radical (unpaired) electrons. The van der Waals surface area contributed by atoms with Crippen molar-refractivity contribution in [2.75, 3.05) is 4.90 Å². The number of nitrogens with zero attached hydrogens (tertiary/aromatic N) is 1. The molecule has 1 unspecified atom stereocenters. The van der Waals surface area contributed by atoms with Gasteiger partial charge in [0.05, 0.1) is 6.54 Å². The van der Waals surface area contributed by atoms with Crippen LogP contribution < -0.4 is 4.90 Å². The molecule has 0 aromatic heterocycles. The highest BCUT2D eigenvalue weighted by Crippen LogP contribution is 2.29. The van der Waals surface area contributed by atoms with Crippen molar-refractivity contribution >= 4 is 17.4 Å². The predicted octanol–water partition coefficient (Wildman–Crippen LogP) is 3.54. The van der Waals surface area contributed by atoms with Crippen LogP contribution in [0.25, 0.3) is 0 Å². The Morgan fingerprint density at radius 1 is 1.10 bits per heavy atom. The van der Waals surface area contributed by atoms with E-state index in [4.69, 9.17) is 0 Å². The molecule has 0 spiro atoms. The summed E-state index contributed by atoms with van der Waals surface area (Å²) in [6, 6.07) is 15.4. The summed E-state index contributed by atoms with van der Waals surface area (Å²) in [4.78, 5) is 25.6. The van der Waals surface area contributed by atoms with E-state index in [9.17, 15) is 9.59 Å². The Bertz CT molecular complexity index is 703. The molecule has 0 saturated heterocycles. The number of carbonyl (C=O) groups is 2. The molecular formula is C18H17NO2. The minimum Gasteiger partial charge on any atom is -0.304 e. The maximum absolute atomic E-state index is 12.4. The molecule has 1 atom stereocenters. The van der Waals surface area contributed by atoms with Gasteiger partial charge in [-0.25, -0.2) is 0 Å². The van der Waals surface area contributed by atoms with Crippen molar-refractivity contribution in [3.05, 3.63) is 65.2 Å². The van der Waals surface area contributed by atoms with E-state index in [0.29, 0.717) is 6.54 Å². The number of hydrogen-bond donors (Lipinski definition) is 0. The number of Topliss-reactive ketones (excluding diaryl/α,β-unsaturated/α-hetero) is 1. The summed E-state index contributed by atoms with van der Waals surface area (Å²) in [7, 11) is 0. The van der Waals surface area contributed by atoms with Gasteiger partial charge in [0.1, 0.15) is 5.78 Å². The normalized spacial score (nSPS) is 15.0. The van der Waals surface area contributed by atoms with Gasteiger partial charge >= 0.3 is 0 Å². The van der Waals surface area contributed by atoms with Gasteiger partial charge in [0.25, 0.3) is 5.91 Å². The fourth-order valence-electron chi connectivity index (χ4n) is 2.64. The number of carbonyl (C=O) groups excluding carboxylic acids is 2. The topological polar surface area (TPSA) is 37.4 Å². The van der Waals surface area contributed by atoms with E-state index < -0.39 is 0 Å². The zero-order valence-electron chi connectivity index (χ0n) is 12.2. The molecule has 0 fully saturated rings. The monoisotopic (exact) mass is 279 g/mol. The third-order valence-corrected chi connectivity index (χ3v) is 4.14. The first-order chi connectivity index (χ1) is 10.1. The van der Waals surface area contributed by atoms with Crippen molar-refractivity contribution in [3.8, 4) is 0 Å². The lowest BCUT2D eigenvalue weighted by atomic mass is 9.97. The largest absolute Gasteiger partial charge is 0.304 e. The van der Waals surface area contributed by atoms with E-state index in [0.717, 1.165) is 22.4 Å². The second-order valence-electron chi connectivity index (χ2n) is 5.47. The molecular weight excluding hydrogens is 262 g/mol. The van der Waals surface area contributed by atoms with E-state index in [-0.39, 0.29) is 17.6 Å². The lowest BCUT2D eigenvalue weighted by Gasteiger charge is -2.17. The van der Waals surface area contributed by atoms with E-state index >= 15 is 0 Å². The van der Waals surface area contributed by atoms with Crippen LogP contribution in [0, 0.1) is 0 Å². The Kier molecular flexibility index (Phi) is 3.34. The number of benzene rings is 2. The van der Waals surface area contributed by atoms with Crippen LogP contribution in [-0.2, 0) is 11.3 Å². The molecule has 21 heavy (non-hydrogen) atoms. The Morgan fingerprint density at radius 3 is 2.38 bits per heavy atom. The number of hydrogen-bond acceptors (Lipinski definition) is 2. The lowest BCUT2D eigenvalue weighted by molar-refractivity contribution is -0.118. The number of ketones is 1. The highest BCUT2D eigenvalue weighted by molar-refractivity contribution is 6.09. The average Bonchev–Trinajstić information content (AvgIpc) is 2.84. The SMILES string of the molecule is CC(=O)C(C)c1ccc(N2Cc3ccccc3C2=O)cc1. The highest BCUT2D eigenvalue weighted by atomic mass is 16.2. The van der Waals surface area contributed by atoms with Gasteiger partial charge in [0.2, 0.25) is 0 Å². The molecule has 0 N–H and O–H groups in total. The summed E-state index contributed by atoms with van der Waals surface area (Å²) in [5.74, 6) is 0.0795. The Balaban J connectivity index is 1.87. The van der Waals surface area contributed by atoms with Crippen molar-refractivity contribution in [1.29, 1.82) is 0 Å². The summed E-state index contributed by atoms with van der Waals surface area (Å²) in [5, 5.41) is 0. The first-order valence-electron chi connectivity index (χ1n) is 7.08. The van der Waals surface area contributed by atoms with Crippen LogP contribution in [0.2, 0.25) is 0 Å². The first kappa shape index (κ1) is 13.6. The number of fused-ring (bicyclic) bond motifs is 1. The van der Waals surface area contributed by atoms with Crippen molar-refractivity contribution in [3.63, 3.8) is 0 Å². The fourth-order valence-corrected chi connectivity index (χ4v) is 2.64. The van der Waals surface area contributed by atoms with Crippen LogP contribution in [-0.4, -0.2) is 11.7 Å². The van der Waals surface area contributed by atoms with Gasteiger partial charge in [-0.05, 0) is 36.2 Å². The molecule has 0 bridgehead atoms. The van der Waals surface area contributed by atoms with Crippen LogP contribution in [0.4, 0.5) is 5.69 Å². The van der Waals surface area contributed by atoms with Gasteiger partial charge in [-0.3, -0.25) is 9.59 Å². The fraction of sp³-hybridized carbons (Fsp3) is 0.222. The molecule has 106 valence electrons. The molecule has 1 aliphatic rings. The maximum Gasteiger partial charge on any atom is 0.258 e.